The molecule has 7 heteroatoms. The Kier molecular flexibility index (Phi) is 1.96. The van der Waals surface area contributed by atoms with Gasteiger partial charge in [0.15, 0.2) is 10.7 Å². The molecule has 3 saturated heterocycles. The predicted molar refractivity (Wildman–Crippen MR) is 51.8 cm³/mol. The van der Waals surface area contributed by atoms with Gasteiger partial charge in [0.05, 0.1) is 22.9 Å². The molecule has 2 unspecified atom stereocenters. The number of nitrogens with one attached hydrogen (secondary N) is 1. The molecule has 0 spiro atoms. The minimum Gasteiger partial charge on any atom is -0.333 e. The zero-order valence-electron chi connectivity index (χ0n) is 5.11. The Morgan fingerprint density at radius 1 is 1.45 bits per heavy atom. The average Bonchev–Trinajstić information content (AvgIpc) is 1.99. The summed E-state index contributed by atoms with van der Waals surface area (Å²) < 4.78 is 1.46. The van der Waals surface area contributed by atoms with Gasteiger partial charge in [0.2, 0.25) is 0 Å². The van der Waals surface area contributed by atoms with Crippen LogP contribution >= 0.6 is 44.5 Å². The lowest BCUT2D eigenvalue weighted by atomic mass is 10.4. The largest absolute Gasteiger partial charge is 0.333 e. The Labute approximate surface area is 84.7 Å². The monoisotopic (exact) mass is 302 g/mol. The van der Waals surface area contributed by atoms with Crippen LogP contribution in [-0.4, -0.2) is 25.7 Å². The topological polar surface area (TPSA) is 49.4 Å². The molecule has 0 aromatic carbocycles. The average molecular weight is 302 g/mol. The van der Waals surface area contributed by atoms with Crippen molar-refractivity contribution < 1.29 is 9.59 Å². The molecule has 60 valence electrons. The van der Waals surface area contributed by atoms with Gasteiger partial charge >= 0.3 is 0 Å². The zero-order valence-corrected chi connectivity index (χ0v) is 8.90. The van der Waals surface area contributed by atoms with Gasteiger partial charge in [-0.15, -0.1) is 0 Å². The summed E-state index contributed by atoms with van der Waals surface area (Å²) in [5.41, 5.74) is 0. The maximum absolute atomic E-state index is 11.2. The second-order valence-electron chi connectivity index (χ2n) is 2.08. The SMILES string of the molecule is O=C1NC2SSC1N(I)C2=O. The third kappa shape index (κ3) is 1.13. The van der Waals surface area contributed by atoms with Crippen molar-refractivity contribution in [2.24, 2.45) is 0 Å². The first-order valence-corrected chi connectivity index (χ1v) is 6.05. The van der Waals surface area contributed by atoms with E-state index in [0.717, 1.165) is 0 Å². The molecule has 3 aliphatic heterocycles. The van der Waals surface area contributed by atoms with Gasteiger partial charge in [-0.25, -0.2) is 0 Å². The van der Waals surface area contributed by atoms with E-state index in [1.165, 1.54) is 24.7 Å². The molecular weight excluding hydrogens is 299 g/mol. The van der Waals surface area contributed by atoms with E-state index in [-0.39, 0.29) is 22.6 Å². The number of fused-ring (bicyclic) bond motifs is 3. The molecule has 0 aliphatic carbocycles. The Hall–Kier alpha value is 0.370. The molecule has 2 atom stereocenters. The summed E-state index contributed by atoms with van der Waals surface area (Å²) in [6.07, 6.45) is 0. The highest BCUT2D eigenvalue weighted by Crippen LogP contribution is 2.43. The Morgan fingerprint density at radius 3 is 2.64 bits per heavy atom. The maximum atomic E-state index is 11.2. The van der Waals surface area contributed by atoms with Crippen LogP contribution in [0.2, 0.25) is 0 Å². The third-order valence-corrected chi connectivity index (χ3v) is 5.48. The first-order chi connectivity index (χ1) is 5.20. The highest BCUT2D eigenvalue weighted by Gasteiger charge is 2.46. The number of halogens is 1. The van der Waals surface area contributed by atoms with Crippen LogP contribution in [-0.2, 0) is 9.59 Å². The zero-order chi connectivity index (χ0) is 8.01. The van der Waals surface area contributed by atoms with Gasteiger partial charge in [0.25, 0.3) is 11.8 Å². The van der Waals surface area contributed by atoms with Crippen molar-refractivity contribution in [3.05, 3.63) is 0 Å². The Balaban J connectivity index is 2.30. The fraction of sp³-hybridized carbons (Fsp3) is 0.500. The molecule has 3 fully saturated rings. The van der Waals surface area contributed by atoms with Crippen LogP contribution in [0.25, 0.3) is 0 Å². The van der Waals surface area contributed by atoms with Crippen LogP contribution in [0.5, 0.6) is 0 Å². The van der Waals surface area contributed by atoms with E-state index >= 15 is 0 Å². The number of hydrogen-bond acceptors (Lipinski definition) is 4. The molecule has 4 nitrogen and oxygen atoms in total. The smallest absolute Gasteiger partial charge is 0.266 e. The van der Waals surface area contributed by atoms with E-state index < -0.39 is 0 Å². The molecule has 3 aliphatic rings. The van der Waals surface area contributed by atoms with Gasteiger partial charge in [-0.2, -0.15) is 0 Å². The summed E-state index contributed by atoms with van der Waals surface area (Å²) in [7, 11) is 2.85. The summed E-state index contributed by atoms with van der Waals surface area (Å²) in [6, 6.07) is 0. The minimum absolute atomic E-state index is 0.0149. The van der Waals surface area contributed by atoms with Gasteiger partial charge in [0.1, 0.15) is 0 Å². The standard InChI is InChI=1S/C4H3IN2O2S2/c5-7-3(9)2-6-1(8)4(7)11-10-2/h2,4H,(H,6,8). The van der Waals surface area contributed by atoms with Crippen molar-refractivity contribution in [3.8, 4) is 0 Å². The fourth-order valence-corrected chi connectivity index (χ4v) is 4.84. The van der Waals surface area contributed by atoms with E-state index in [9.17, 15) is 9.59 Å². The van der Waals surface area contributed by atoms with Crippen molar-refractivity contribution in [2.45, 2.75) is 10.7 Å². The van der Waals surface area contributed by atoms with Crippen molar-refractivity contribution in [2.75, 3.05) is 0 Å². The van der Waals surface area contributed by atoms with Crippen LogP contribution in [0.15, 0.2) is 0 Å². The van der Waals surface area contributed by atoms with E-state index in [1.54, 1.807) is 0 Å². The molecule has 2 bridgehead atoms. The number of carbonyl (C=O) groups is 2. The number of rotatable bonds is 0. The summed E-state index contributed by atoms with van der Waals surface area (Å²) in [4.78, 5) is 22.3. The van der Waals surface area contributed by atoms with E-state index in [0.29, 0.717) is 0 Å². The van der Waals surface area contributed by atoms with Crippen LogP contribution in [0.4, 0.5) is 0 Å². The van der Waals surface area contributed by atoms with Crippen molar-refractivity contribution in [1.29, 1.82) is 0 Å². The fourth-order valence-electron chi connectivity index (χ4n) is 0.848. The van der Waals surface area contributed by atoms with Crippen molar-refractivity contribution >= 4 is 56.3 Å². The summed E-state index contributed by atoms with van der Waals surface area (Å²) in [5.74, 6) is -0.0771. The lowest BCUT2D eigenvalue weighted by molar-refractivity contribution is -0.136. The van der Waals surface area contributed by atoms with Crippen LogP contribution in [0.3, 0.4) is 0 Å². The molecule has 0 radical (unpaired) electrons. The summed E-state index contributed by atoms with van der Waals surface area (Å²) in [6.45, 7) is 0. The van der Waals surface area contributed by atoms with E-state index in [2.05, 4.69) is 5.32 Å². The third-order valence-electron chi connectivity index (χ3n) is 1.38. The molecular formula is C4H3IN2O2S2. The summed E-state index contributed by atoms with van der Waals surface area (Å²) in [5, 5.41) is 1.90. The van der Waals surface area contributed by atoms with Gasteiger partial charge < -0.3 is 5.32 Å². The van der Waals surface area contributed by atoms with Crippen LogP contribution in [0, 0.1) is 0 Å². The molecule has 2 amide bonds. The predicted octanol–water partition coefficient (Wildman–Crippen LogP) is 0.342. The van der Waals surface area contributed by atoms with Crippen LogP contribution < -0.4 is 5.32 Å². The van der Waals surface area contributed by atoms with Crippen molar-refractivity contribution in [1.82, 2.24) is 8.43 Å². The van der Waals surface area contributed by atoms with Gasteiger partial charge in [-0.3, -0.25) is 12.7 Å². The Bertz CT molecular complexity index is 232. The quantitative estimate of drug-likeness (QED) is 0.398. The first-order valence-electron chi connectivity index (χ1n) is 2.81. The van der Waals surface area contributed by atoms with Crippen LogP contribution in [0.1, 0.15) is 0 Å². The number of hydrogen-bond donors (Lipinski definition) is 1. The second-order valence-corrected chi connectivity index (χ2v) is 5.58. The summed E-state index contributed by atoms with van der Waals surface area (Å²) >= 11 is 1.88. The molecule has 0 saturated carbocycles. The van der Waals surface area contributed by atoms with Gasteiger partial charge in [-0.1, -0.05) is 21.6 Å². The highest BCUT2D eigenvalue weighted by atomic mass is 127. The molecule has 0 aromatic heterocycles. The minimum atomic E-state index is -0.366. The van der Waals surface area contributed by atoms with E-state index in [4.69, 9.17) is 0 Å². The Morgan fingerprint density at radius 2 is 2.18 bits per heavy atom. The van der Waals surface area contributed by atoms with Gasteiger partial charge in [0, 0.05) is 0 Å². The number of piperazine rings is 1. The van der Waals surface area contributed by atoms with E-state index in [1.807, 2.05) is 22.9 Å². The lowest BCUT2D eigenvalue weighted by Gasteiger charge is -2.38. The number of nitrogens with zero attached hydrogens (tertiary/aromatic N) is 1. The highest BCUT2D eigenvalue weighted by molar-refractivity contribution is 14.1. The number of amides is 2. The second kappa shape index (κ2) is 2.70. The maximum Gasteiger partial charge on any atom is 0.266 e. The lowest BCUT2D eigenvalue weighted by Crippen LogP contribution is -2.60. The van der Waals surface area contributed by atoms with Gasteiger partial charge in [-0.05, 0) is 0 Å². The molecule has 11 heavy (non-hydrogen) atoms. The molecule has 3 rings (SSSR count). The van der Waals surface area contributed by atoms with Crippen molar-refractivity contribution in [3.63, 3.8) is 0 Å². The number of carbonyl (C=O) groups excluding carboxylic acids is 2. The normalized spacial score (nSPS) is 35.9. The first kappa shape index (κ1) is 7.99. The molecule has 3 heterocycles. The molecule has 1 N–H and O–H groups in total. The molecule has 0 aromatic rings.